The molecule has 0 radical (unpaired) electrons. The molecule has 0 saturated carbocycles. The van der Waals surface area contributed by atoms with Gasteiger partial charge in [-0.15, -0.1) is 0 Å². The van der Waals surface area contributed by atoms with Gasteiger partial charge in [-0.25, -0.2) is 0 Å². The number of hydrogen-bond acceptors (Lipinski definition) is 4. The van der Waals surface area contributed by atoms with E-state index in [1.807, 2.05) is 6.92 Å². The predicted molar refractivity (Wildman–Crippen MR) is 54.6 cm³/mol. The molecule has 15 heavy (non-hydrogen) atoms. The molecule has 0 unspecified atom stereocenters. The van der Waals surface area contributed by atoms with E-state index in [9.17, 15) is 20.0 Å². The van der Waals surface area contributed by atoms with Gasteiger partial charge in [0.25, 0.3) is 0 Å². The summed E-state index contributed by atoms with van der Waals surface area (Å²) in [5.41, 5.74) is -1.14. The third-order valence-corrected chi connectivity index (χ3v) is 1.77. The van der Waals surface area contributed by atoms with Crippen LogP contribution in [0.3, 0.4) is 0 Å². The Morgan fingerprint density at radius 3 is 2.93 bits per heavy atom. The number of H-pyrrole nitrogens is 1. The molecule has 0 aliphatic carbocycles. The Labute approximate surface area is 85.0 Å². The van der Waals surface area contributed by atoms with Gasteiger partial charge in [-0.05, 0) is 12.5 Å². The number of hydrogen-bond donors (Lipinski definition) is 2. The quantitative estimate of drug-likeness (QED) is 0.449. The lowest BCUT2D eigenvalue weighted by molar-refractivity contribution is -0.386. The highest BCUT2D eigenvalue weighted by molar-refractivity contribution is 5.59. The summed E-state index contributed by atoms with van der Waals surface area (Å²) in [6.07, 6.45) is 3.33. The Hall–Kier alpha value is -2.11. The molecule has 0 atom stereocenters. The number of rotatable bonds is 3. The maximum absolute atomic E-state index is 11.0. The first-order valence-electron chi connectivity index (χ1n) is 4.33. The summed E-state index contributed by atoms with van der Waals surface area (Å²) in [7, 11) is 0. The summed E-state index contributed by atoms with van der Waals surface area (Å²) in [6, 6.07) is 1.04. The van der Waals surface area contributed by atoms with Crippen LogP contribution in [0.5, 0.6) is 0 Å². The van der Waals surface area contributed by atoms with Gasteiger partial charge >= 0.3 is 11.2 Å². The molecule has 0 spiro atoms. The largest absolute Gasteiger partial charge is 0.508 e. The van der Waals surface area contributed by atoms with E-state index in [1.54, 1.807) is 0 Å². The van der Waals surface area contributed by atoms with E-state index in [4.69, 9.17) is 0 Å². The second kappa shape index (κ2) is 4.41. The maximum atomic E-state index is 11.0. The molecule has 80 valence electrons. The van der Waals surface area contributed by atoms with E-state index in [1.165, 1.54) is 12.3 Å². The lowest BCUT2D eigenvalue weighted by Gasteiger charge is -1.98. The third-order valence-electron chi connectivity index (χ3n) is 1.77. The monoisotopic (exact) mass is 210 g/mol. The van der Waals surface area contributed by atoms with Crippen molar-refractivity contribution >= 4 is 11.4 Å². The van der Waals surface area contributed by atoms with Crippen LogP contribution in [0.25, 0.3) is 5.76 Å². The van der Waals surface area contributed by atoms with Crippen molar-refractivity contribution in [2.24, 2.45) is 0 Å². The van der Waals surface area contributed by atoms with Crippen molar-refractivity contribution in [3.8, 4) is 0 Å². The van der Waals surface area contributed by atoms with Crippen molar-refractivity contribution < 1.29 is 10.0 Å². The highest BCUT2D eigenvalue weighted by atomic mass is 16.6. The average Bonchev–Trinajstić information content (AvgIpc) is 2.18. The molecule has 0 amide bonds. The van der Waals surface area contributed by atoms with Gasteiger partial charge < -0.3 is 10.1 Å². The number of aliphatic hydroxyl groups is 1. The summed E-state index contributed by atoms with van der Waals surface area (Å²) >= 11 is 0. The molecule has 0 fully saturated rings. The Morgan fingerprint density at radius 2 is 2.40 bits per heavy atom. The molecule has 1 aromatic rings. The van der Waals surface area contributed by atoms with Gasteiger partial charge in [-0.3, -0.25) is 14.9 Å². The van der Waals surface area contributed by atoms with E-state index < -0.39 is 16.2 Å². The molecular weight excluding hydrogens is 200 g/mol. The Kier molecular flexibility index (Phi) is 3.22. The van der Waals surface area contributed by atoms with Gasteiger partial charge in [0.05, 0.1) is 4.92 Å². The van der Waals surface area contributed by atoms with E-state index in [2.05, 4.69) is 4.98 Å². The molecule has 0 saturated heterocycles. The van der Waals surface area contributed by atoms with Crippen molar-refractivity contribution in [3.05, 3.63) is 44.4 Å². The van der Waals surface area contributed by atoms with Crippen molar-refractivity contribution in [1.29, 1.82) is 0 Å². The van der Waals surface area contributed by atoms with E-state index in [0.717, 1.165) is 6.07 Å². The molecule has 1 aromatic heterocycles. The minimum Gasteiger partial charge on any atom is -0.508 e. The molecule has 1 heterocycles. The maximum Gasteiger partial charge on any atom is 0.334 e. The normalized spacial score (nSPS) is 11.4. The van der Waals surface area contributed by atoms with Crippen LogP contribution in [0, 0.1) is 10.1 Å². The summed E-state index contributed by atoms with van der Waals surface area (Å²) < 4.78 is 0. The zero-order valence-electron chi connectivity index (χ0n) is 8.06. The number of aromatic nitrogens is 1. The number of aliphatic hydroxyl groups excluding tert-OH is 1. The van der Waals surface area contributed by atoms with Gasteiger partial charge in [-0.1, -0.05) is 6.92 Å². The summed E-state index contributed by atoms with van der Waals surface area (Å²) in [5, 5.41) is 19.9. The van der Waals surface area contributed by atoms with Crippen LogP contribution in [0.1, 0.15) is 18.9 Å². The summed E-state index contributed by atoms with van der Waals surface area (Å²) in [4.78, 5) is 22.8. The molecule has 0 aromatic carbocycles. The number of allylic oxidation sites excluding steroid dienone is 1. The summed E-state index contributed by atoms with van der Waals surface area (Å²) in [6.45, 7) is 1.82. The lowest BCUT2D eigenvalue weighted by atomic mass is 10.2. The second-order valence-electron chi connectivity index (χ2n) is 2.86. The van der Waals surface area contributed by atoms with Gasteiger partial charge in [0.1, 0.15) is 5.76 Å². The van der Waals surface area contributed by atoms with Crippen LogP contribution in [0.15, 0.2) is 23.1 Å². The van der Waals surface area contributed by atoms with E-state index in [-0.39, 0.29) is 11.3 Å². The highest BCUT2D eigenvalue weighted by Crippen LogP contribution is 2.13. The topological polar surface area (TPSA) is 96.2 Å². The standard InChI is InChI=1S/C9H10N2O4/c1-2-3-8(12)6-4-7(11(14)15)9(13)10-5-6/h3-5,12H,2H2,1H3,(H,10,13)/b8-3+. The SMILES string of the molecule is CC/C=C(/O)c1c[nH]c(=O)c([N+](=O)[O-])c1. The van der Waals surface area contributed by atoms with Gasteiger partial charge in [0, 0.05) is 17.8 Å². The minimum absolute atomic E-state index is 0.0862. The van der Waals surface area contributed by atoms with Gasteiger partial charge in [-0.2, -0.15) is 0 Å². The van der Waals surface area contributed by atoms with Gasteiger partial charge in [0.2, 0.25) is 0 Å². The predicted octanol–water partition coefficient (Wildman–Crippen LogP) is 1.59. The van der Waals surface area contributed by atoms with Crippen molar-refractivity contribution in [1.82, 2.24) is 4.98 Å². The molecule has 1 rings (SSSR count). The first-order valence-corrected chi connectivity index (χ1v) is 4.33. The van der Waals surface area contributed by atoms with Crippen molar-refractivity contribution in [3.63, 3.8) is 0 Å². The zero-order chi connectivity index (χ0) is 11.4. The molecular formula is C9H10N2O4. The zero-order valence-corrected chi connectivity index (χ0v) is 8.06. The minimum atomic E-state index is -0.790. The van der Waals surface area contributed by atoms with Crippen LogP contribution in [-0.2, 0) is 0 Å². The molecule has 0 aliphatic rings. The number of nitrogens with one attached hydrogen (secondary N) is 1. The fourth-order valence-corrected chi connectivity index (χ4v) is 1.07. The molecule has 6 nitrogen and oxygen atoms in total. The number of aromatic amines is 1. The second-order valence-corrected chi connectivity index (χ2v) is 2.86. The summed E-state index contributed by atoms with van der Waals surface area (Å²) in [5.74, 6) is -0.0862. The number of nitro groups is 1. The fraction of sp³-hybridized carbons (Fsp3) is 0.222. The van der Waals surface area contributed by atoms with Crippen molar-refractivity contribution in [2.75, 3.05) is 0 Å². The third kappa shape index (κ3) is 2.43. The number of pyridine rings is 1. The smallest absolute Gasteiger partial charge is 0.334 e. The lowest BCUT2D eigenvalue weighted by Crippen LogP contribution is -2.11. The Morgan fingerprint density at radius 1 is 1.73 bits per heavy atom. The van der Waals surface area contributed by atoms with E-state index >= 15 is 0 Å². The first-order chi connectivity index (χ1) is 7.06. The molecule has 6 heteroatoms. The van der Waals surface area contributed by atoms with E-state index in [0.29, 0.717) is 6.42 Å². The van der Waals surface area contributed by atoms with Crippen LogP contribution >= 0.6 is 0 Å². The van der Waals surface area contributed by atoms with Crippen LogP contribution in [0.4, 0.5) is 5.69 Å². The van der Waals surface area contributed by atoms with Crippen LogP contribution in [0.2, 0.25) is 0 Å². The average molecular weight is 210 g/mol. The number of nitrogens with zero attached hydrogens (tertiary/aromatic N) is 1. The van der Waals surface area contributed by atoms with Crippen LogP contribution < -0.4 is 5.56 Å². The molecule has 0 aliphatic heterocycles. The Balaban J connectivity index is 3.25. The molecule has 0 bridgehead atoms. The van der Waals surface area contributed by atoms with Gasteiger partial charge in [0.15, 0.2) is 0 Å². The van der Waals surface area contributed by atoms with Crippen molar-refractivity contribution in [2.45, 2.75) is 13.3 Å². The molecule has 2 N–H and O–H groups in total. The van der Waals surface area contributed by atoms with Crippen LogP contribution in [-0.4, -0.2) is 15.0 Å². The first kappa shape index (κ1) is 11.0. The fourth-order valence-electron chi connectivity index (χ4n) is 1.07. The highest BCUT2D eigenvalue weighted by Gasteiger charge is 2.13. The Bertz CT molecular complexity index is 461.